The zero-order valence-electron chi connectivity index (χ0n) is 10.8. The molecule has 2 aromatic rings. The summed E-state index contributed by atoms with van der Waals surface area (Å²) in [6.45, 7) is 4.36. The van der Waals surface area contributed by atoms with E-state index in [-0.39, 0.29) is 5.69 Å². The van der Waals surface area contributed by atoms with Crippen LogP contribution in [0.4, 0.5) is 0 Å². The van der Waals surface area contributed by atoms with E-state index in [0.717, 1.165) is 4.90 Å². The number of aromatic nitrogens is 4. The maximum atomic E-state index is 11.4. The van der Waals surface area contributed by atoms with Crippen molar-refractivity contribution < 1.29 is 5.11 Å². The highest BCUT2D eigenvalue weighted by Gasteiger charge is 2.10. The second kappa shape index (κ2) is 6.03. The number of aliphatic hydroxyl groups excluding tert-OH is 1. The third-order valence-electron chi connectivity index (χ3n) is 2.74. The minimum absolute atomic E-state index is 0.212. The lowest BCUT2D eigenvalue weighted by Crippen LogP contribution is -2.15. The van der Waals surface area contributed by atoms with Gasteiger partial charge in [0.1, 0.15) is 0 Å². The molecule has 0 amide bonds. The highest BCUT2D eigenvalue weighted by Crippen LogP contribution is 2.25. The van der Waals surface area contributed by atoms with Crippen LogP contribution in [0.3, 0.4) is 0 Å². The van der Waals surface area contributed by atoms with Gasteiger partial charge in [-0.1, -0.05) is 6.92 Å². The van der Waals surface area contributed by atoms with Gasteiger partial charge in [0.2, 0.25) is 0 Å². The van der Waals surface area contributed by atoms with E-state index in [2.05, 4.69) is 15.2 Å². The average Bonchev–Trinajstić information content (AvgIpc) is 2.79. The van der Waals surface area contributed by atoms with Crippen LogP contribution in [0.5, 0.6) is 0 Å². The monoisotopic (exact) mass is 280 g/mol. The molecule has 2 N–H and O–H groups in total. The molecular weight excluding hydrogens is 264 g/mol. The minimum atomic E-state index is -0.529. The molecule has 0 unspecified atom stereocenters. The predicted octanol–water partition coefficient (Wildman–Crippen LogP) is 1.58. The molecular formula is C12H16N4O2S. The van der Waals surface area contributed by atoms with Gasteiger partial charge in [0.05, 0.1) is 11.8 Å². The lowest BCUT2D eigenvalue weighted by Gasteiger charge is -2.07. The molecule has 102 valence electrons. The van der Waals surface area contributed by atoms with E-state index < -0.39 is 6.10 Å². The van der Waals surface area contributed by atoms with E-state index in [4.69, 9.17) is 0 Å². The maximum absolute atomic E-state index is 11.4. The topological polar surface area (TPSA) is 83.8 Å². The number of H-pyrrole nitrogens is 1. The van der Waals surface area contributed by atoms with Crippen molar-refractivity contribution >= 4 is 11.8 Å². The quantitative estimate of drug-likeness (QED) is 0.868. The molecule has 0 aromatic carbocycles. The van der Waals surface area contributed by atoms with Gasteiger partial charge in [-0.15, -0.1) is 5.10 Å². The first-order valence-electron chi connectivity index (χ1n) is 6.12. The van der Waals surface area contributed by atoms with Crippen molar-refractivity contribution in [2.45, 2.75) is 43.0 Å². The third-order valence-corrected chi connectivity index (χ3v) is 3.71. The molecule has 0 saturated carbocycles. The van der Waals surface area contributed by atoms with Crippen LogP contribution in [-0.2, 0) is 6.54 Å². The number of pyridine rings is 1. The Morgan fingerprint density at radius 3 is 2.84 bits per heavy atom. The summed E-state index contributed by atoms with van der Waals surface area (Å²) in [5, 5.41) is 16.7. The Kier molecular flexibility index (Phi) is 4.39. The van der Waals surface area contributed by atoms with E-state index in [1.54, 1.807) is 16.8 Å². The Hall–Kier alpha value is -1.60. The summed E-state index contributed by atoms with van der Waals surface area (Å²) in [6, 6.07) is 3.66. The summed E-state index contributed by atoms with van der Waals surface area (Å²) in [6.07, 6.45) is 1.78. The van der Waals surface area contributed by atoms with Crippen LogP contribution < -0.4 is 5.69 Å². The van der Waals surface area contributed by atoms with Gasteiger partial charge in [-0.05, 0) is 37.2 Å². The first kappa shape index (κ1) is 13.8. The summed E-state index contributed by atoms with van der Waals surface area (Å²) in [5.74, 6) is 0. The first-order chi connectivity index (χ1) is 9.15. The predicted molar refractivity (Wildman–Crippen MR) is 72.1 cm³/mol. The first-order valence-corrected chi connectivity index (χ1v) is 6.94. The molecule has 0 saturated heterocycles. The van der Waals surface area contributed by atoms with E-state index >= 15 is 0 Å². The molecule has 0 radical (unpaired) electrons. The Balaban J connectivity index is 2.17. The van der Waals surface area contributed by atoms with Crippen LogP contribution in [0.1, 0.15) is 32.1 Å². The summed E-state index contributed by atoms with van der Waals surface area (Å²) in [7, 11) is 0. The summed E-state index contributed by atoms with van der Waals surface area (Å²) in [4.78, 5) is 16.5. The fourth-order valence-electron chi connectivity index (χ4n) is 1.62. The SMILES string of the molecule is CC[C@H](O)c1ccc(Sc2n[nH]c(=O)n2CC)cn1. The van der Waals surface area contributed by atoms with Gasteiger partial charge >= 0.3 is 5.69 Å². The average molecular weight is 280 g/mol. The number of hydrogen-bond donors (Lipinski definition) is 2. The smallest absolute Gasteiger partial charge is 0.343 e. The van der Waals surface area contributed by atoms with E-state index in [0.29, 0.717) is 23.8 Å². The second-order valence-electron chi connectivity index (χ2n) is 4.00. The Morgan fingerprint density at radius 1 is 1.47 bits per heavy atom. The molecule has 7 heteroatoms. The summed E-state index contributed by atoms with van der Waals surface area (Å²) in [5.41, 5.74) is 0.442. The van der Waals surface area contributed by atoms with Crippen LogP contribution in [0.2, 0.25) is 0 Å². The highest BCUT2D eigenvalue weighted by molar-refractivity contribution is 7.99. The number of aliphatic hydroxyl groups is 1. The van der Waals surface area contributed by atoms with Gasteiger partial charge in [0.15, 0.2) is 5.16 Å². The van der Waals surface area contributed by atoms with Crippen molar-refractivity contribution in [3.05, 3.63) is 34.5 Å². The fourth-order valence-corrected chi connectivity index (χ4v) is 2.49. The van der Waals surface area contributed by atoms with Crippen molar-refractivity contribution in [2.24, 2.45) is 0 Å². The normalized spacial score (nSPS) is 12.6. The number of nitrogens with one attached hydrogen (secondary N) is 1. The zero-order chi connectivity index (χ0) is 13.8. The fraction of sp³-hybridized carbons (Fsp3) is 0.417. The van der Waals surface area contributed by atoms with Crippen molar-refractivity contribution in [3.8, 4) is 0 Å². The van der Waals surface area contributed by atoms with Gasteiger partial charge in [0, 0.05) is 17.6 Å². The lowest BCUT2D eigenvalue weighted by atomic mass is 10.2. The molecule has 6 nitrogen and oxygen atoms in total. The zero-order valence-corrected chi connectivity index (χ0v) is 11.6. The van der Waals surface area contributed by atoms with Crippen molar-refractivity contribution in [1.29, 1.82) is 0 Å². The van der Waals surface area contributed by atoms with Crippen LogP contribution >= 0.6 is 11.8 Å². The van der Waals surface area contributed by atoms with E-state index in [1.807, 2.05) is 19.9 Å². The molecule has 0 bridgehead atoms. The number of rotatable bonds is 5. The van der Waals surface area contributed by atoms with Gasteiger partial charge < -0.3 is 5.11 Å². The Bertz CT molecular complexity index is 591. The molecule has 0 fully saturated rings. The van der Waals surface area contributed by atoms with E-state index in [1.165, 1.54) is 11.8 Å². The molecule has 19 heavy (non-hydrogen) atoms. The number of aromatic amines is 1. The molecule has 2 heterocycles. The van der Waals surface area contributed by atoms with Gasteiger partial charge in [-0.2, -0.15) is 0 Å². The Morgan fingerprint density at radius 2 is 2.26 bits per heavy atom. The third kappa shape index (κ3) is 3.05. The molecule has 2 aromatic heterocycles. The molecule has 0 aliphatic rings. The molecule has 0 aliphatic heterocycles. The summed E-state index contributed by atoms with van der Waals surface area (Å²) < 4.78 is 1.56. The molecule has 1 atom stereocenters. The van der Waals surface area contributed by atoms with Gasteiger partial charge in [-0.3, -0.25) is 9.55 Å². The largest absolute Gasteiger partial charge is 0.387 e. The Labute approximate surface area is 114 Å². The maximum Gasteiger partial charge on any atom is 0.343 e. The molecule has 0 aliphatic carbocycles. The van der Waals surface area contributed by atoms with E-state index in [9.17, 15) is 9.90 Å². The van der Waals surface area contributed by atoms with Crippen molar-refractivity contribution in [3.63, 3.8) is 0 Å². The number of nitrogens with zero attached hydrogens (tertiary/aromatic N) is 3. The second-order valence-corrected chi connectivity index (χ2v) is 5.04. The number of hydrogen-bond acceptors (Lipinski definition) is 5. The van der Waals surface area contributed by atoms with Crippen molar-refractivity contribution in [2.75, 3.05) is 0 Å². The van der Waals surface area contributed by atoms with Gasteiger partial charge in [-0.25, -0.2) is 9.89 Å². The van der Waals surface area contributed by atoms with Gasteiger partial charge in [0.25, 0.3) is 0 Å². The summed E-state index contributed by atoms with van der Waals surface area (Å²) >= 11 is 1.36. The van der Waals surface area contributed by atoms with Crippen LogP contribution in [0.15, 0.2) is 33.2 Å². The minimum Gasteiger partial charge on any atom is -0.387 e. The van der Waals surface area contributed by atoms with Crippen LogP contribution in [0, 0.1) is 0 Å². The lowest BCUT2D eigenvalue weighted by molar-refractivity contribution is 0.169. The molecule has 0 spiro atoms. The standard InChI is InChI=1S/C12H16N4O2S/c1-3-10(17)9-6-5-8(7-13-9)19-12-15-14-11(18)16(12)4-2/h5-7,10,17H,3-4H2,1-2H3,(H,14,18)/t10-/m0/s1. The van der Waals surface area contributed by atoms with Crippen LogP contribution in [-0.4, -0.2) is 24.9 Å². The molecule has 2 rings (SSSR count). The highest BCUT2D eigenvalue weighted by atomic mass is 32.2. The van der Waals surface area contributed by atoms with Crippen molar-refractivity contribution in [1.82, 2.24) is 19.7 Å². The van der Waals surface area contributed by atoms with Crippen LogP contribution in [0.25, 0.3) is 0 Å².